The van der Waals surface area contributed by atoms with Gasteiger partial charge in [-0.25, -0.2) is 0 Å². The fourth-order valence-electron chi connectivity index (χ4n) is 12.8. The van der Waals surface area contributed by atoms with Crippen LogP contribution in [0.4, 0.5) is 0 Å². The van der Waals surface area contributed by atoms with E-state index in [2.05, 4.69) is 243 Å². The minimum Gasteiger partial charge on any atom is -0.0619 e. The Balaban J connectivity index is 0.986. The van der Waals surface area contributed by atoms with Gasteiger partial charge >= 0.3 is 0 Å². The molecule has 1 spiro atoms. The molecular weight excluding hydrogens is 805 g/mol. The second-order valence-corrected chi connectivity index (χ2v) is 18.6. The summed E-state index contributed by atoms with van der Waals surface area (Å²) in [5.74, 6) is 0. The van der Waals surface area contributed by atoms with Crippen molar-refractivity contribution in [1.82, 2.24) is 0 Å². The summed E-state index contributed by atoms with van der Waals surface area (Å²) in [7, 11) is 0. The van der Waals surface area contributed by atoms with Crippen molar-refractivity contribution in [3.63, 3.8) is 0 Å². The maximum absolute atomic E-state index is 2.51. The highest BCUT2D eigenvalue weighted by atomic mass is 14.5. The summed E-state index contributed by atoms with van der Waals surface area (Å²) in [5.41, 5.74) is 17.8. The molecule has 0 heterocycles. The highest BCUT2D eigenvalue weighted by Gasteiger charge is 2.53. The van der Waals surface area contributed by atoms with E-state index in [0.717, 1.165) is 0 Å². The van der Waals surface area contributed by atoms with Gasteiger partial charge in [0.25, 0.3) is 0 Å². The van der Waals surface area contributed by atoms with E-state index in [9.17, 15) is 0 Å². The molecule has 67 heavy (non-hydrogen) atoms. The van der Waals surface area contributed by atoms with E-state index >= 15 is 0 Å². The van der Waals surface area contributed by atoms with Crippen molar-refractivity contribution in [2.24, 2.45) is 0 Å². The van der Waals surface area contributed by atoms with Crippen LogP contribution in [0.3, 0.4) is 0 Å². The van der Waals surface area contributed by atoms with Crippen molar-refractivity contribution < 1.29 is 0 Å². The molecule has 0 N–H and O–H groups in total. The first-order valence-corrected chi connectivity index (χ1v) is 23.5. The van der Waals surface area contributed by atoms with Crippen LogP contribution in [0, 0.1) is 0 Å². The van der Waals surface area contributed by atoms with Gasteiger partial charge in [-0.3, -0.25) is 0 Å². The van der Waals surface area contributed by atoms with Gasteiger partial charge in [0.05, 0.1) is 5.41 Å². The maximum atomic E-state index is 2.51. The van der Waals surface area contributed by atoms with Crippen LogP contribution in [0.2, 0.25) is 0 Å². The van der Waals surface area contributed by atoms with E-state index in [-0.39, 0.29) is 0 Å². The summed E-state index contributed by atoms with van der Waals surface area (Å²) in [6.07, 6.45) is 0. The Kier molecular flexibility index (Phi) is 7.52. The molecule has 15 rings (SSSR count). The highest BCUT2D eigenvalue weighted by molar-refractivity contribution is 6.24. The lowest BCUT2D eigenvalue weighted by molar-refractivity contribution is 0.803. The molecule has 0 aliphatic heterocycles. The van der Waals surface area contributed by atoms with Crippen molar-refractivity contribution >= 4 is 64.6 Å². The molecule has 0 atom stereocenters. The SMILES string of the molecule is c1cc(-c2ccc3c4c(c5ccccc5c3c2)-c2cc3ccccc3cc2C42c3ccccc3-c3ccccc32)cc(-c2c3ccccc3c(-c3cccc4ccccc34)c3ccccc23)c1. The fraction of sp³-hybridized carbons (Fsp3) is 0.0149. The first-order chi connectivity index (χ1) is 33.3. The minimum absolute atomic E-state index is 0.480. The van der Waals surface area contributed by atoms with Gasteiger partial charge in [0, 0.05) is 0 Å². The van der Waals surface area contributed by atoms with E-state index in [1.165, 1.54) is 143 Å². The van der Waals surface area contributed by atoms with Gasteiger partial charge < -0.3 is 0 Å². The average Bonchev–Trinajstić information content (AvgIpc) is 3.86. The Labute approximate surface area is 388 Å². The molecule has 2 aliphatic rings. The lowest BCUT2D eigenvalue weighted by atomic mass is 9.69. The van der Waals surface area contributed by atoms with Gasteiger partial charge in [-0.1, -0.05) is 218 Å². The highest BCUT2D eigenvalue weighted by Crippen LogP contribution is 2.66. The molecule has 0 aromatic heterocycles. The first kappa shape index (κ1) is 36.7. The molecule has 308 valence electrons. The van der Waals surface area contributed by atoms with Gasteiger partial charge in [0.1, 0.15) is 0 Å². The normalized spacial score (nSPS) is 13.2. The number of benzene rings is 13. The van der Waals surface area contributed by atoms with E-state index in [0.29, 0.717) is 0 Å². The zero-order chi connectivity index (χ0) is 43.8. The molecule has 0 nitrogen and oxygen atoms in total. The van der Waals surface area contributed by atoms with E-state index in [4.69, 9.17) is 0 Å². The molecule has 0 fully saturated rings. The summed E-state index contributed by atoms with van der Waals surface area (Å²) >= 11 is 0. The lowest BCUT2D eigenvalue weighted by Crippen LogP contribution is -2.26. The lowest BCUT2D eigenvalue weighted by Gasteiger charge is -2.32. The van der Waals surface area contributed by atoms with E-state index < -0.39 is 5.41 Å². The third kappa shape index (κ3) is 4.92. The Morgan fingerprint density at radius 3 is 1.37 bits per heavy atom. The molecule has 0 saturated carbocycles. The molecular formula is C67H40. The van der Waals surface area contributed by atoms with Gasteiger partial charge in [-0.05, 0) is 167 Å². The van der Waals surface area contributed by atoms with Gasteiger partial charge in [-0.2, -0.15) is 0 Å². The third-order valence-corrected chi connectivity index (χ3v) is 15.4. The summed E-state index contributed by atoms with van der Waals surface area (Å²) in [6, 6.07) is 91.5. The number of hydrogen-bond acceptors (Lipinski definition) is 0. The van der Waals surface area contributed by atoms with Crippen molar-refractivity contribution in [3.8, 4) is 55.6 Å². The number of fused-ring (bicyclic) bond motifs is 19. The van der Waals surface area contributed by atoms with Crippen LogP contribution in [0.25, 0.3) is 120 Å². The van der Waals surface area contributed by atoms with Crippen LogP contribution in [-0.4, -0.2) is 0 Å². The van der Waals surface area contributed by atoms with Crippen LogP contribution in [0.5, 0.6) is 0 Å². The van der Waals surface area contributed by atoms with E-state index in [1.807, 2.05) is 0 Å². The van der Waals surface area contributed by atoms with Crippen LogP contribution in [0.15, 0.2) is 243 Å². The molecule has 2 aliphatic carbocycles. The summed E-state index contributed by atoms with van der Waals surface area (Å²) in [4.78, 5) is 0. The smallest absolute Gasteiger partial charge is 0.0619 e. The third-order valence-electron chi connectivity index (χ3n) is 15.4. The molecule has 0 amide bonds. The average molecular weight is 845 g/mol. The minimum atomic E-state index is -0.480. The first-order valence-electron chi connectivity index (χ1n) is 23.5. The van der Waals surface area contributed by atoms with Crippen molar-refractivity contribution in [3.05, 3.63) is 265 Å². The van der Waals surface area contributed by atoms with Crippen molar-refractivity contribution in [2.75, 3.05) is 0 Å². The van der Waals surface area contributed by atoms with Gasteiger partial charge in [-0.15, -0.1) is 0 Å². The topological polar surface area (TPSA) is 0 Å². The Morgan fingerprint density at radius 1 is 0.209 bits per heavy atom. The zero-order valence-corrected chi connectivity index (χ0v) is 36.6. The zero-order valence-electron chi connectivity index (χ0n) is 36.6. The molecule has 0 radical (unpaired) electrons. The molecule has 0 unspecified atom stereocenters. The van der Waals surface area contributed by atoms with E-state index in [1.54, 1.807) is 0 Å². The Morgan fingerprint density at radius 2 is 0.687 bits per heavy atom. The largest absolute Gasteiger partial charge is 0.0731 e. The van der Waals surface area contributed by atoms with Crippen LogP contribution in [0.1, 0.15) is 22.3 Å². The van der Waals surface area contributed by atoms with Crippen LogP contribution < -0.4 is 0 Å². The quantitative estimate of drug-likeness (QED) is 0.123. The summed E-state index contributed by atoms with van der Waals surface area (Å²) < 4.78 is 0. The summed E-state index contributed by atoms with van der Waals surface area (Å²) in [6.45, 7) is 0. The predicted octanol–water partition coefficient (Wildman–Crippen LogP) is 18.0. The number of rotatable bonds is 3. The predicted molar refractivity (Wildman–Crippen MR) is 284 cm³/mol. The second kappa shape index (κ2) is 13.7. The van der Waals surface area contributed by atoms with Crippen molar-refractivity contribution in [1.29, 1.82) is 0 Å². The molecule has 0 saturated heterocycles. The molecule has 0 heteroatoms. The van der Waals surface area contributed by atoms with Crippen molar-refractivity contribution in [2.45, 2.75) is 5.41 Å². The number of hydrogen-bond donors (Lipinski definition) is 0. The Hall–Kier alpha value is -8.58. The molecule has 0 bridgehead atoms. The Bertz CT molecular complexity index is 4170. The second-order valence-electron chi connectivity index (χ2n) is 18.6. The maximum Gasteiger partial charge on any atom is 0.0731 e. The summed E-state index contributed by atoms with van der Waals surface area (Å²) in [5, 5.41) is 15.3. The monoisotopic (exact) mass is 844 g/mol. The van der Waals surface area contributed by atoms with Crippen LogP contribution >= 0.6 is 0 Å². The van der Waals surface area contributed by atoms with Gasteiger partial charge in [0.15, 0.2) is 0 Å². The van der Waals surface area contributed by atoms with Crippen LogP contribution in [-0.2, 0) is 5.41 Å². The standard InChI is InChI=1S/C67H40/c1-2-19-44-40-62-59(39-43(44)18-1)65-52-27-6-5-24-48(52)58-38-45(35-36-57(58)66(65)67(62)60-33-13-11-25-49(60)50-26-12-14-34-61(50)67)42-21-15-22-46(37-42)63-53-28-7-9-30-55(53)64(56-31-10-8-29-54(56)63)51-32-16-20-41-17-3-4-23-47(41)51/h1-40H. The molecule has 13 aromatic carbocycles. The van der Waals surface area contributed by atoms with Gasteiger partial charge in [0.2, 0.25) is 0 Å². The molecule has 13 aromatic rings. The fourth-order valence-corrected chi connectivity index (χ4v) is 12.8.